The average molecular weight is 392 g/mol. The van der Waals surface area contributed by atoms with Crippen LogP contribution in [0.1, 0.15) is 16.1 Å². The summed E-state index contributed by atoms with van der Waals surface area (Å²) in [6.45, 7) is 1.76. The Kier molecular flexibility index (Phi) is 4.44. The molecule has 3 rings (SSSR count). The second-order valence-corrected chi connectivity index (χ2v) is 6.03. The van der Waals surface area contributed by atoms with Crippen molar-refractivity contribution in [2.75, 3.05) is 5.32 Å². The summed E-state index contributed by atoms with van der Waals surface area (Å²) < 4.78 is 29.6. The standard InChI is InChI=1S/C17H12BrF2N3O/c1-10-7-15(23(22-10)12-5-3-2-4-6-12)21-17(24)16-13(19)8-11(18)9-14(16)20/h2-9H,1H3,(H,21,24). The summed E-state index contributed by atoms with van der Waals surface area (Å²) >= 11 is 2.98. The number of rotatable bonds is 3. The lowest BCUT2D eigenvalue weighted by molar-refractivity contribution is 0.101. The lowest BCUT2D eigenvalue weighted by Crippen LogP contribution is -2.18. The molecule has 0 bridgehead atoms. The average Bonchev–Trinajstić information content (AvgIpc) is 2.87. The Balaban J connectivity index is 1.97. The van der Waals surface area contributed by atoms with Crippen molar-refractivity contribution in [2.24, 2.45) is 0 Å². The Morgan fingerprint density at radius 1 is 1.12 bits per heavy atom. The topological polar surface area (TPSA) is 46.9 Å². The fraction of sp³-hybridized carbons (Fsp3) is 0.0588. The number of para-hydroxylation sites is 1. The summed E-state index contributed by atoms with van der Waals surface area (Å²) in [5.41, 5.74) is 0.736. The maximum Gasteiger partial charge on any atom is 0.262 e. The number of nitrogens with one attached hydrogen (secondary N) is 1. The number of anilines is 1. The van der Waals surface area contributed by atoms with Gasteiger partial charge in [0.1, 0.15) is 23.0 Å². The molecule has 0 fully saturated rings. The molecule has 0 aliphatic heterocycles. The van der Waals surface area contributed by atoms with E-state index in [4.69, 9.17) is 0 Å². The first-order valence-electron chi connectivity index (χ1n) is 7.03. The number of amides is 1. The maximum atomic E-state index is 13.9. The number of aryl methyl sites for hydroxylation is 1. The minimum Gasteiger partial charge on any atom is -0.306 e. The van der Waals surface area contributed by atoms with E-state index in [1.165, 1.54) is 4.68 Å². The van der Waals surface area contributed by atoms with Crippen LogP contribution in [0.2, 0.25) is 0 Å². The van der Waals surface area contributed by atoms with Gasteiger partial charge < -0.3 is 5.32 Å². The second kappa shape index (κ2) is 6.52. The fourth-order valence-corrected chi connectivity index (χ4v) is 2.69. The summed E-state index contributed by atoms with van der Waals surface area (Å²) in [6, 6.07) is 12.8. The zero-order valence-electron chi connectivity index (χ0n) is 12.6. The smallest absolute Gasteiger partial charge is 0.262 e. The second-order valence-electron chi connectivity index (χ2n) is 5.12. The van der Waals surface area contributed by atoms with Gasteiger partial charge in [-0.15, -0.1) is 0 Å². The molecule has 1 heterocycles. The van der Waals surface area contributed by atoms with Crippen molar-refractivity contribution in [1.82, 2.24) is 9.78 Å². The highest BCUT2D eigenvalue weighted by molar-refractivity contribution is 9.10. The van der Waals surface area contributed by atoms with Crippen molar-refractivity contribution in [3.8, 4) is 5.69 Å². The summed E-state index contributed by atoms with van der Waals surface area (Å²) in [5, 5.41) is 6.81. The van der Waals surface area contributed by atoms with Gasteiger partial charge in [0.05, 0.1) is 11.4 Å². The molecule has 0 aliphatic rings. The largest absolute Gasteiger partial charge is 0.306 e. The molecule has 24 heavy (non-hydrogen) atoms. The highest BCUT2D eigenvalue weighted by Gasteiger charge is 2.20. The van der Waals surface area contributed by atoms with Crippen LogP contribution in [0, 0.1) is 18.6 Å². The molecule has 7 heteroatoms. The van der Waals surface area contributed by atoms with Gasteiger partial charge in [-0.05, 0) is 31.2 Å². The fourth-order valence-electron chi connectivity index (χ4n) is 2.29. The minimum absolute atomic E-state index is 0.222. The van der Waals surface area contributed by atoms with Crippen LogP contribution < -0.4 is 5.32 Å². The third-order valence-corrected chi connectivity index (χ3v) is 3.77. The van der Waals surface area contributed by atoms with Crippen LogP contribution in [0.4, 0.5) is 14.6 Å². The zero-order chi connectivity index (χ0) is 17.3. The zero-order valence-corrected chi connectivity index (χ0v) is 14.1. The van der Waals surface area contributed by atoms with Gasteiger partial charge >= 0.3 is 0 Å². The van der Waals surface area contributed by atoms with E-state index < -0.39 is 23.1 Å². The van der Waals surface area contributed by atoms with Gasteiger partial charge in [0, 0.05) is 10.5 Å². The van der Waals surface area contributed by atoms with Crippen LogP contribution in [-0.2, 0) is 0 Å². The van der Waals surface area contributed by atoms with Crippen LogP contribution in [-0.4, -0.2) is 15.7 Å². The number of nitrogens with zero attached hydrogens (tertiary/aromatic N) is 2. The van der Waals surface area contributed by atoms with Crippen molar-refractivity contribution in [2.45, 2.75) is 6.92 Å². The Morgan fingerprint density at radius 3 is 2.38 bits per heavy atom. The molecule has 4 nitrogen and oxygen atoms in total. The van der Waals surface area contributed by atoms with Crippen LogP contribution in [0.5, 0.6) is 0 Å². The van der Waals surface area contributed by atoms with E-state index in [9.17, 15) is 13.6 Å². The number of carbonyl (C=O) groups is 1. The Labute approximate surface area is 145 Å². The molecule has 0 saturated carbocycles. The lowest BCUT2D eigenvalue weighted by Gasteiger charge is -2.10. The van der Waals surface area contributed by atoms with E-state index in [-0.39, 0.29) is 4.47 Å². The highest BCUT2D eigenvalue weighted by Crippen LogP contribution is 2.22. The molecule has 0 unspecified atom stereocenters. The number of carbonyl (C=O) groups excluding carboxylic acids is 1. The van der Waals surface area contributed by atoms with E-state index in [2.05, 4.69) is 26.3 Å². The maximum absolute atomic E-state index is 13.9. The molecular formula is C17H12BrF2N3O. The number of halogens is 3. The molecule has 1 N–H and O–H groups in total. The van der Waals surface area contributed by atoms with Crippen molar-refractivity contribution < 1.29 is 13.6 Å². The Hall–Kier alpha value is -2.54. The molecule has 0 spiro atoms. The first kappa shape index (κ1) is 16.3. The first-order valence-corrected chi connectivity index (χ1v) is 7.83. The third kappa shape index (κ3) is 3.21. The van der Waals surface area contributed by atoms with E-state index in [1.807, 2.05) is 30.3 Å². The summed E-state index contributed by atoms with van der Waals surface area (Å²) in [7, 11) is 0. The Bertz CT molecular complexity index is 886. The number of aromatic nitrogens is 2. The molecule has 1 aromatic heterocycles. The van der Waals surface area contributed by atoms with Crippen LogP contribution in [0.25, 0.3) is 5.69 Å². The van der Waals surface area contributed by atoms with Gasteiger partial charge in [-0.25, -0.2) is 13.5 Å². The number of benzene rings is 2. The quantitative estimate of drug-likeness (QED) is 0.715. The summed E-state index contributed by atoms with van der Waals surface area (Å²) in [5.74, 6) is -2.44. The van der Waals surface area contributed by atoms with Crippen LogP contribution >= 0.6 is 15.9 Å². The molecule has 0 radical (unpaired) electrons. The molecule has 3 aromatic rings. The molecule has 0 atom stereocenters. The van der Waals surface area contributed by atoms with Gasteiger partial charge in [0.15, 0.2) is 0 Å². The van der Waals surface area contributed by atoms with Crippen LogP contribution in [0.15, 0.2) is 53.0 Å². The molecule has 1 amide bonds. The van der Waals surface area contributed by atoms with Crippen LogP contribution in [0.3, 0.4) is 0 Å². The predicted octanol–water partition coefficient (Wildman–Crippen LogP) is 4.47. The lowest BCUT2D eigenvalue weighted by atomic mass is 10.2. The molecule has 122 valence electrons. The van der Waals surface area contributed by atoms with Gasteiger partial charge in [0.25, 0.3) is 5.91 Å². The van der Waals surface area contributed by atoms with E-state index in [0.717, 1.165) is 17.8 Å². The van der Waals surface area contributed by atoms with Gasteiger partial charge in [0.2, 0.25) is 0 Å². The van der Waals surface area contributed by atoms with Crippen molar-refractivity contribution >= 4 is 27.7 Å². The summed E-state index contributed by atoms with van der Waals surface area (Å²) in [4.78, 5) is 12.3. The predicted molar refractivity (Wildman–Crippen MR) is 90.3 cm³/mol. The van der Waals surface area contributed by atoms with E-state index >= 15 is 0 Å². The van der Waals surface area contributed by atoms with Gasteiger partial charge in [-0.2, -0.15) is 5.10 Å². The number of hydrogen-bond donors (Lipinski definition) is 1. The van der Waals surface area contributed by atoms with Gasteiger partial charge in [-0.1, -0.05) is 34.1 Å². The minimum atomic E-state index is -0.943. The third-order valence-electron chi connectivity index (χ3n) is 3.31. The van der Waals surface area contributed by atoms with Gasteiger partial charge in [-0.3, -0.25) is 4.79 Å². The molecule has 0 saturated heterocycles. The molecule has 0 aliphatic carbocycles. The molecule has 2 aromatic carbocycles. The number of hydrogen-bond acceptors (Lipinski definition) is 2. The van der Waals surface area contributed by atoms with E-state index in [0.29, 0.717) is 11.5 Å². The van der Waals surface area contributed by atoms with E-state index in [1.54, 1.807) is 13.0 Å². The monoisotopic (exact) mass is 391 g/mol. The summed E-state index contributed by atoms with van der Waals surface area (Å²) in [6.07, 6.45) is 0. The Morgan fingerprint density at radius 2 is 1.75 bits per heavy atom. The SMILES string of the molecule is Cc1cc(NC(=O)c2c(F)cc(Br)cc2F)n(-c2ccccc2)n1. The highest BCUT2D eigenvalue weighted by atomic mass is 79.9. The van der Waals surface area contributed by atoms with Crippen molar-refractivity contribution in [3.05, 3.63) is 75.9 Å². The first-order chi connectivity index (χ1) is 11.5. The van der Waals surface area contributed by atoms with Crippen molar-refractivity contribution in [3.63, 3.8) is 0 Å². The normalized spacial score (nSPS) is 10.7. The molecular weight excluding hydrogens is 380 g/mol. The van der Waals surface area contributed by atoms with Crippen molar-refractivity contribution in [1.29, 1.82) is 0 Å².